The van der Waals surface area contributed by atoms with Crippen LogP contribution in [0, 0.1) is 6.92 Å². The number of hydrogen-bond donors (Lipinski definition) is 0. The Morgan fingerprint density at radius 3 is 1.91 bits per heavy atom. The monoisotopic (exact) mass is 288 g/mol. The van der Waals surface area contributed by atoms with Gasteiger partial charge in [0.25, 0.3) is 0 Å². The Balaban J connectivity index is 1.95. The van der Waals surface area contributed by atoms with Gasteiger partial charge in [-0.1, -0.05) is 60.7 Å². The van der Waals surface area contributed by atoms with Crippen LogP contribution in [-0.4, -0.2) is 11.9 Å². The van der Waals surface area contributed by atoms with E-state index in [0.717, 1.165) is 22.6 Å². The van der Waals surface area contributed by atoms with Gasteiger partial charge in [0.2, 0.25) is 0 Å². The molecule has 1 heterocycles. The van der Waals surface area contributed by atoms with E-state index in [9.17, 15) is 0 Å². The number of hydrogen-bond acceptors (Lipinski definition) is 3. The summed E-state index contributed by atoms with van der Waals surface area (Å²) >= 11 is 0. The van der Waals surface area contributed by atoms with Gasteiger partial charge in [-0.2, -0.15) is 5.10 Å². The summed E-state index contributed by atoms with van der Waals surface area (Å²) in [5.74, 6) is 1.55. The molecule has 0 spiro atoms. The van der Waals surface area contributed by atoms with E-state index in [2.05, 4.69) is 10.2 Å². The summed E-state index contributed by atoms with van der Waals surface area (Å²) in [5, 5.41) is 8.57. The molecule has 108 valence electrons. The van der Waals surface area contributed by atoms with Crippen LogP contribution in [0.2, 0.25) is 0 Å². The zero-order valence-corrected chi connectivity index (χ0v) is 12.3. The van der Waals surface area contributed by atoms with Crippen molar-refractivity contribution in [2.45, 2.75) is 6.92 Å². The number of aryl methyl sites for hydroxylation is 1. The molecule has 22 heavy (non-hydrogen) atoms. The molecule has 3 heteroatoms. The first kappa shape index (κ1) is 14.0. The zero-order chi connectivity index (χ0) is 15.2. The van der Waals surface area contributed by atoms with Crippen LogP contribution in [0.3, 0.4) is 0 Å². The third-order valence-corrected chi connectivity index (χ3v) is 3.20. The molecule has 0 fully saturated rings. The van der Waals surface area contributed by atoms with Crippen molar-refractivity contribution in [2.75, 3.05) is 0 Å². The van der Waals surface area contributed by atoms with E-state index in [1.165, 1.54) is 0 Å². The molecule has 0 bridgehead atoms. The molecule has 0 aliphatic carbocycles. The highest BCUT2D eigenvalue weighted by Gasteiger charge is 2.05. The van der Waals surface area contributed by atoms with E-state index in [0.29, 0.717) is 5.76 Å². The van der Waals surface area contributed by atoms with E-state index in [1.54, 1.807) is 6.21 Å². The van der Waals surface area contributed by atoms with Crippen molar-refractivity contribution in [3.63, 3.8) is 0 Å². The summed E-state index contributed by atoms with van der Waals surface area (Å²) in [6.45, 7) is 1.90. The maximum absolute atomic E-state index is 5.46. The predicted molar refractivity (Wildman–Crippen MR) is 89.6 cm³/mol. The van der Waals surface area contributed by atoms with E-state index < -0.39 is 0 Å². The molecule has 0 saturated carbocycles. The molecule has 0 unspecified atom stereocenters. The molecule has 3 rings (SSSR count). The third kappa shape index (κ3) is 3.38. The van der Waals surface area contributed by atoms with Crippen LogP contribution >= 0.6 is 0 Å². The first-order valence-electron chi connectivity index (χ1n) is 7.11. The number of rotatable bonds is 4. The second kappa shape index (κ2) is 6.68. The second-order valence-corrected chi connectivity index (χ2v) is 4.87. The maximum atomic E-state index is 5.46. The molecule has 2 aromatic carbocycles. The van der Waals surface area contributed by atoms with E-state index in [4.69, 9.17) is 4.42 Å². The lowest BCUT2D eigenvalue weighted by Gasteiger charge is -2.04. The first-order chi connectivity index (χ1) is 10.8. The fraction of sp³-hybridized carbons (Fsp3) is 0.0526. The number of benzene rings is 2. The van der Waals surface area contributed by atoms with E-state index >= 15 is 0 Å². The largest absolute Gasteiger partial charge is 0.460 e. The van der Waals surface area contributed by atoms with Crippen molar-refractivity contribution < 1.29 is 4.42 Å². The summed E-state index contributed by atoms with van der Waals surface area (Å²) in [6.07, 6.45) is 1.62. The Hall–Kier alpha value is -2.94. The van der Waals surface area contributed by atoms with Gasteiger partial charge in [0.15, 0.2) is 0 Å². The highest BCUT2D eigenvalue weighted by atomic mass is 16.3. The Labute approximate surface area is 129 Å². The Morgan fingerprint density at radius 1 is 0.818 bits per heavy atom. The average Bonchev–Trinajstić information content (AvgIpc) is 2.99. The van der Waals surface area contributed by atoms with Gasteiger partial charge < -0.3 is 4.42 Å². The van der Waals surface area contributed by atoms with Crippen molar-refractivity contribution in [1.82, 2.24) is 0 Å². The number of nitrogens with zero attached hydrogens (tertiary/aromatic N) is 2. The molecule has 0 amide bonds. The van der Waals surface area contributed by atoms with Crippen molar-refractivity contribution in [1.29, 1.82) is 0 Å². The van der Waals surface area contributed by atoms with Crippen LogP contribution in [0.5, 0.6) is 0 Å². The minimum atomic E-state index is 0.696. The summed E-state index contributed by atoms with van der Waals surface area (Å²) in [7, 11) is 0. The third-order valence-electron chi connectivity index (χ3n) is 3.20. The zero-order valence-electron chi connectivity index (χ0n) is 12.3. The highest BCUT2D eigenvalue weighted by Crippen LogP contribution is 2.11. The van der Waals surface area contributed by atoms with Crippen LogP contribution in [0.15, 0.2) is 87.4 Å². The van der Waals surface area contributed by atoms with Gasteiger partial charge >= 0.3 is 0 Å². The average molecular weight is 288 g/mol. The molecular weight excluding hydrogens is 272 g/mol. The molecule has 0 N–H and O–H groups in total. The lowest BCUT2D eigenvalue weighted by atomic mass is 10.0. The SMILES string of the molecule is Cc1ccc(/C=N/N=C(c2ccccc2)c2ccccc2)o1. The Bertz CT molecular complexity index is 745. The van der Waals surface area contributed by atoms with Crippen molar-refractivity contribution in [2.24, 2.45) is 10.2 Å². The molecular formula is C19H16N2O. The standard InChI is InChI=1S/C19H16N2O/c1-15-12-13-18(22-15)14-20-21-19(16-8-4-2-5-9-16)17-10-6-3-7-11-17/h2-14H,1H3/b20-14+. The van der Waals surface area contributed by atoms with Gasteiger partial charge in [0, 0.05) is 11.1 Å². The lowest BCUT2D eigenvalue weighted by Crippen LogP contribution is -2.02. The summed E-state index contributed by atoms with van der Waals surface area (Å²) in [6, 6.07) is 23.8. The molecule has 1 aromatic heterocycles. The summed E-state index contributed by atoms with van der Waals surface area (Å²) in [4.78, 5) is 0. The fourth-order valence-corrected chi connectivity index (χ4v) is 2.14. The van der Waals surface area contributed by atoms with Gasteiger partial charge in [-0.05, 0) is 19.1 Å². The van der Waals surface area contributed by atoms with Crippen LogP contribution in [0.4, 0.5) is 0 Å². The predicted octanol–water partition coefficient (Wildman–Crippen LogP) is 4.46. The van der Waals surface area contributed by atoms with Crippen LogP contribution in [-0.2, 0) is 0 Å². The lowest BCUT2D eigenvalue weighted by molar-refractivity contribution is 0.528. The quantitative estimate of drug-likeness (QED) is 0.516. The Morgan fingerprint density at radius 2 is 1.41 bits per heavy atom. The van der Waals surface area contributed by atoms with Gasteiger partial charge in [0.1, 0.15) is 17.2 Å². The van der Waals surface area contributed by atoms with Gasteiger partial charge in [-0.3, -0.25) is 0 Å². The van der Waals surface area contributed by atoms with Crippen LogP contribution < -0.4 is 0 Å². The molecule has 0 aliphatic heterocycles. The number of furan rings is 1. The summed E-state index contributed by atoms with van der Waals surface area (Å²) in [5.41, 5.74) is 2.89. The van der Waals surface area contributed by atoms with Gasteiger partial charge in [-0.15, -0.1) is 5.10 Å². The molecule has 0 radical (unpaired) electrons. The van der Waals surface area contributed by atoms with E-state index in [-0.39, 0.29) is 0 Å². The molecule has 0 atom stereocenters. The first-order valence-corrected chi connectivity index (χ1v) is 7.11. The molecule has 3 aromatic rings. The van der Waals surface area contributed by atoms with E-state index in [1.807, 2.05) is 79.7 Å². The summed E-state index contributed by atoms with van der Waals surface area (Å²) < 4.78 is 5.46. The normalized spacial score (nSPS) is 10.8. The second-order valence-electron chi connectivity index (χ2n) is 4.87. The maximum Gasteiger partial charge on any atom is 0.147 e. The van der Waals surface area contributed by atoms with Crippen LogP contribution in [0.1, 0.15) is 22.6 Å². The van der Waals surface area contributed by atoms with Crippen molar-refractivity contribution in [3.8, 4) is 0 Å². The van der Waals surface area contributed by atoms with Gasteiger partial charge in [-0.25, -0.2) is 0 Å². The minimum absolute atomic E-state index is 0.696. The van der Waals surface area contributed by atoms with Crippen molar-refractivity contribution in [3.05, 3.63) is 95.4 Å². The van der Waals surface area contributed by atoms with Crippen molar-refractivity contribution >= 4 is 11.9 Å². The minimum Gasteiger partial charge on any atom is -0.460 e. The molecule has 0 saturated heterocycles. The van der Waals surface area contributed by atoms with Crippen LogP contribution in [0.25, 0.3) is 0 Å². The molecule has 0 aliphatic rings. The topological polar surface area (TPSA) is 37.9 Å². The smallest absolute Gasteiger partial charge is 0.147 e. The highest BCUT2D eigenvalue weighted by molar-refractivity contribution is 6.12. The fourth-order valence-electron chi connectivity index (χ4n) is 2.14. The van der Waals surface area contributed by atoms with Gasteiger partial charge in [0.05, 0.1) is 6.21 Å². The molecule has 3 nitrogen and oxygen atoms in total. The Kier molecular flexibility index (Phi) is 4.25.